The van der Waals surface area contributed by atoms with Crippen molar-refractivity contribution in [3.8, 4) is 11.4 Å². The van der Waals surface area contributed by atoms with Gasteiger partial charge in [0.05, 0.1) is 17.3 Å². The van der Waals surface area contributed by atoms with Crippen molar-refractivity contribution in [2.24, 2.45) is 0 Å². The Labute approximate surface area is 200 Å². The molecule has 1 unspecified atom stereocenters. The zero-order valence-corrected chi connectivity index (χ0v) is 19.2. The molecule has 1 atom stereocenters. The molecule has 0 spiro atoms. The number of anilines is 1. The summed E-state index contributed by atoms with van der Waals surface area (Å²) in [4.78, 5) is 19.3. The van der Waals surface area contributed by atoms with Gasteiger partial charge in [-0.1, -0.05) is 58.7 Å². The van der Waals surface area contributed by atoms with E-state index in [0.717, 1.165) is 16.7 Å². The lowest BCUT2D eigenvalue weighted by Gasteiger charge is -2.35. The number of benzene rings is 3. The molecule has 2 heterocycles. The SMILES string of the molecule is CC1=C(c2nc(-c3ccc(C)cc3)no2)C(c2cccc(Cl)c2)NC(=O)N1c1ccc(F)cc1. The highest BCUT2D eigenvalue weighted by Crippen LogP contribution is 2.39. The van der Waals surface area contributed by atoms with Crippen molar-refractivity contribution in [1.29, 1.82) is 0 Å². The zero-order chi connectivity index (χ0) is 23.8. The van der Waals surface area contributed by atoms with E-state index in [9.17, 15) is 9.18 Å². The molecule has 0 fully saturated rings. The van der Waals surface area contributed by atoms with Gasteiger partial charge in [-0.25, -0.2) is 9.18 Å². The fourth-order valence-corrected chi connectivity index (χ4v) is 4.21. The first kappa shape index (κ1) is 21.9. The van der Waals surface area contributed by atoms with Crippen LogP contribution in [0.1, 0.15) is 30.0 Å². The Bertz CT molecular complexity index is 1400. The van der Waals surface area contributed by atoms with Crippen LogP contribution in [0.25, 0.3) is 17.0 Å². The van der Waals surface area contributed by atoms with Crippen molar-refractivity contribution in [2.75, 3.05) is 4.90 Å². The number of aryl methyl sites for hydroxylation is 1. The molecule has 0 saturated heterocycles. The number of carbonyl (C=O) groups is 1. The largest absolute Gasteiger partial charge is 0.334 e. The van der Waals surface area contributed by atoms with Gasteiger partial charge in [0.2, 0.25) is 5.82 Å². The van der Waals surface area contributed by atoms with Crippen LogP contribution in [0.3, 0.4) is 0 Å². The van der Waals surface area contributed by atoms with Gasteiger partial charge in [-0.05, 0) is 55.8 Å². The second kappa shape index (κ2) is 8.76. The second-order valence-corrected chi connectivity index (χ2v) is 8.47. The number of nitrogens with one attached hydrogen (secondary N) is 1. The number of hydrogen-bond acceptors (Lipinski definition) is 4. The van der Waals surface area contributed by atoms with Crippen LogP contribution >= 0.6 is 11.6 Å². The molecule has 1 aliphatic rings. The molecule has 0 radical (unpaired) electrons. The highest BCUT2D eigenvalue weighted by atomic mass is 35.5. The van der Waals surface area contributed by atoms with Crippen LogP contribution < -0.4 is 10.2 Å². The van der Waals surface area contributed by atoms with E-state index in [1.165, 1.54) is 17.0 Å². The Morgan fingerprint density at radius 1 is 1.03 bits per heavy atom. The quantitative estimate of drug-likeness (QED) is 0.364. The standard InChI is InChI=1S/C26H20ClFN4O2/c1-15-6-8-17(9-7-15)24-30-25(34-31-24)22-16(2)32(21-12-10-20(28)11-13-21)26(33)29-23(22)18-4-3-5-19(27)14-18/h3-14,23H,1-2H3,(H,29,33). The molecule has 6 nitrogen and oxygen atoms in total. The number of halogens is 2. The lowest BCUT2D eigenvalue weighted by molar-refractivity contribution is 0.244. The van der Waals surface area contributed by atoms with E-state index in [1.807, 2.05) is 43.3 Å². The summed E-state index contributed by atoms with van der Waals surface area (Å²) < 4.78 is 19.2. The van der Waals surface area contributed by atoms with Gasteiger partial charge in [0.25, 0.3) is 5.89 Å². The summed E-state index contributed by atoms with van der Waals surface area (Å²) in [6.07, 6.45) is 0. The molecule has 2 amide bonds. The predicted molar refractivity (Wildman–Crippen MR) is 129 cm³/mol. The zero-order valence-electron chi connectivity index (χ0n) is 18.4. The maximum atomic E-state index is 13.5. The van der Waals surface area contributed by atoms with Gasteiger partial charge in [-0.15, -0.1) is 0 Å². The van der Waals surface area contributed by atoms with Crippen molar-refractivity contribution < 1.29 is 13.7 Å². The van der Waals surface area contributed by atoms with Crippen molar-refractivity contribution in [1.82, 2.24) is 15.5 Å². The second-order valence-electron chi connectivity index (χ2n) is 8.04. The summed E-state index contributed by atoms with van der Waals surface area (Å²) in [5.74, 6) is 0.315. The average Bonchev–Trinajstić information content (AvgIpc) is 3.30. The Morgan fingerprint density at radius 3 is 2.47 bits per heavy atom. The molecule has 1 N–H and O–H groups in total. The van der Waals surface area contributed by atoms with Crippen LogP contribution in [-0.2, 0) is 0 Å². The number of urea groups is 1. The molecule has 0 aliphatic carbocycles. The number of carbonyl (C=O) groups excluding carboxylic acids is 1. The van der Waals surface area contributed by atoms with E-state index in [-0.39, 0.29) is 17.7 Å². The Hall–Kier alpha value is -3.97. The number of allylic oxidation sites excluding steroid dienone is 1. The molecule has 34 heavy (non-hydrogen) atoms. The molecule has 3 aromatic carbocycles. The van der Waals surface area contributed by atoms with Crippen molar-refractivity contribution in [3.05, 3.63) is 106 Å². The Kier molecular flexibility index (Phi) is 5.63. The molecule has 170 valence electrons. The molecular formula is C26H20ClFN4O2. The van der Waals surface area contributed by atoms with Crippen LogP contribution in [0.4, 0.5) is 14.9 Å². The fourth-order valence-electron chi connectivity index (χ4n) is 4.01. The average molecular weight is 475 g/mol. The van der Waals surface area contributed by atoms with Crippen LogP contribution in [0.5, 0.6) is 0 Å². The summed E-state index contributed by atoms with van der Waals surface area (Å²) in [5, 5.41) is 7.72. The monoisotopic (exact) mass is 474 g/mol. The van der Waals surface area contributed by atoms with Crippen LogP contribution in [0.15, 0.2) is 83.0 Å². The topological polar surface area (TPSA) is 71.3 Å². The third-order valence-corrected chi connectivity index (χ3v) is 5.95. The smallest absolute Gasteiger partial charge is 0.326 e. The molecule has 1 aromatic heterocycles. The van der Waals surface area contributed by atoms with Crippen molar-refractivity contribution in [2.45, 2.75) is 19.9 Å². The van der Waals surface area contributed by atoms with Gasteiger partial charge in [0.15, 0.2) is 0 Å². The lowest BCUT2D eigenvalue weighted by atomic mass is 9.94. The molecular weight excluding hydrogens is 455 g/mol. The predicted octanol–water partition coefficient (Wildman–Crippen LogP) is 6.54. The molecule has 0 bridgehead atoms. The minimum absolute atomic E-state index is 0.269. The first-order valence-electron chi connectivity index (χ1n) is 10.6. The minimum atomic E-state index is -0.575. The van der Waals surface area contributed by atoms with E-state index >= 15 is 0 Å². The summed E-state index contributed by atoms with van der Waals surface area (Å²) in [7, 11) is 0. The Balaban J connectivity index is 1.65. The molecule has 0 saturated carbocycles. The van der Waals surface area contributed by atoms with E-state index in [2.05, 4.69) is 15.5 Å². The first-order valence-corrected chi connectivity index (χ1v) is 11.0. The maximum Gasteiger partial charge on any atom is 0.326 e. The summed E-state index contributed by atoms with van der Waals surface area (Å²) >= 11 is 6.24. The van der Waals surface area contributed by atoms with Gasteiger partial charge in [-0.3, -0.25) is 4.90 Å². The van der Waals surface area contributed by atoms with Crippen LogP contribution in [-0.4, -0.2) is 16.2 Å². The maximum absolute atomic E-state index is 13.5. The number of amides is 2. The minimum Gasteiger partial charge on any atom is -0.334 e. The molecule has 5 rings (SSSR count). The van der Waals surface area contributed by atoms with E-state index < -0.39 is 6.04 Å². The van der Waals surface area contributed by atoms with Gasteiger partial charge >= 0.3 is 6.03 Å². The highest BCUT2D eigenvalue weighted by Gasteiger charge is 2.36. The number of hydrogen-bond donors (Lipinski definition) is 1. The van der Waals surface area contributed by atoms with E-state index in [1.54, 1.807) is 31.2 Å². The number of aromatic nitrogens is 2. The first-order chi connectivity index (χ1) is 16.4. The number of nitrogens with zero attached hydrogens (tertiary/aromatic N) is 3. The molecule has 1 aliphatic heterocycles. The number of rotatable bonds is 4. The molecule has 8 heteroatoms. The van der Waals surface area contributed by atoms with Crippen LogP contribution in [0, 0.1) is 12.7 Å². The van der Waals surface area contributed by atoms with Crippen molar-refractivity contribution in [3.63, 3.8) is 0 Å². The lowest BCUT2D eigenvalue weighted by Crippen LogP contribution is -2.46. The third-order valence-electron chi connectivity index (χ3n) is 5.72. The summed E-state index contributed by atoms with van der Waals surface area (Å²) in [6, 6.07) is 19.8. The van der Waals surface area contributed by atoms with Crippen LogP contribution in [0.2, 0.25) is 5.02 Å². The fraction of sp³-hybridized carbons (Fsp3) is 0.115. The normalized spacial score (nSPS) is 16.1. The Morgan fingerprint density at radius 2 is 1.76 bits per heavy atom. The highest BCUT2D eigenvalue weighted by molar-refractivity contribution is 6.30. The van der Waals surface area contributed by atoms with E-state index in [0.29, 0.717) is 27.8 Å². The molecule has 4 aromatic rings. The van der Waals surface area contributed by atoms with Crippen molar-refractivity contribution >= 4 is 28.9 Å². The van der Waals surface area contributed by atoms with Gasteiger partial charge in [0.1, 0.15) is 5.82 Å². The third kappa shape index (κ3) is 4.06. The van der Waals surface area contributed by atoms with Gasteiger partial charge in [0, 0.05) is 16.3 Å². The summed E-state index contributed by atoms with van der Waals surface area (Å²) in [5.41, 5.74) is 4.42. The van der Waals surface area contributed by atoms with Gasteiger partial charge in [-0.2, -0.15) is 4.98 Å². The van der Waals surface area contributed by atoms with Gasteiger partial charge < -0.3 is 9.84 Å². The van der Waals surface area contributed by atoms with E-state index in [4.69, 9.17) is 16.1 Å². The summed E-state index contributed by atoms with van der Waals surface area (Å²) in [6.45, 7) is 3.80.